The Morgan fingerprint density at radius 3 is 0.744 bits per heavy atom. The van der Waals surface area contributed by atoms with E-state index < -0.39 is 6.10 Å². The van der Waals surface area contributed by atoms with Crippen LogP contribution in [0, 0.1) is 0 Å². The van der Waals surface area contributed by atoms with Crippen molar-refractivity contribution < 1.29 is 28.6 Å². The minimum absolute atomic E-state index is 0.0796. The van der Waals surface area contributed by atoms with Crippen LogP contribution in [0.15, 0.2) is 72.9 Å². The normalized spacial score (nSPS) is 12.5. The third kappa shape index (κ3) is 67.6. The highest BCUT2D eigenvalue weighted by molar-refractivity contribution is 5.71. The van der Waals surface area contributed by atoms with Crippen molar-refractivity contribution in [2.75, 3.05) is 13.2 Å². The maximum atomic E-state index is 12.9. The summed E-state index contributed by atoms with van der Waals surface area (Å²) in [5.41, 5.74) is 0. The number of carbonyl (C=O) groups excluding carboxylic acids is 3. The molecule has 0 saturated carbocycles. The van der Waals surface area contributed by atoms with Gasteiger partial charge < -0.3 is 14.2 Å². The SMILES string of the molecule is CC/C=C\C/C=C\C/C=C\CCCCCCCCCC(=O)OCC(COC(=O)CCCCCCCCCCCCCCCCCCCCCCCCCCCCCCCC)OC(=O)CCCCCCCCC/C=C\C/C=C\C/C=C\CC. The molecule has 0 heterocycles. The Kier molecular flexibility index (Phi) is 67.6. The minimum atomic E-state index is -0.786. The van der Waals surface area contributed by atoms with E-state index in [0.29, 0.717) is 19.3 Å². The minimum Gasteiger partial charge on any atom is -0.462 e. The highest BCUT2D eigenvalue weighted by atomic mass is 16.6. The Bertz CT molecular complexity index is 1500. The molecular formula is C76H136O6. The van der Waals surface area contributed by atoms with Crippen LogP contribution in [-0.4, -0.2) is 37.2 Å². The first-order chi connectivity index (χ1) is 40.5. The average Bonchev–Trinajstić information content (AvgIpc) is 3.47. The third-order valence-electron chi connectivity index (χ3n) is 16.0. The van der Waals surface area contributed by atoms with E-state index in [1.807, 2.05) is 0 Å². The van der Waals surface area contributed by atoms with Crippen LogP contribution in [0.1, 0.15) is 374 Å². The maximum absolute atomic E-state index is 12.9. The summed E-state index contributed by atoms with van der Waals surface area (Å²) in [6.07, 6.45) is 92.3. The maximum Gasteiger partial charge on any atom is 0.306 e. The predicted octanol–water partition coefficient (Wildman–Crippen LogP) is 24.8. The molecule has 0 aromatic heterocycles. The van der Waals surface area contributed by atoms with Crippen LogP contribution >= 0.6 is 0 Å². The van der Waals surface area contributed by atoms with Gasteiger partial charge in [0.05, 0.1) is 0 Å². The standard InChI is InChI=1S/C76H136O6/c1-4-7-10-13-16-19-22-25-28-31-32-33-34-35-36-37-38-39-40-41-42-43-46-48-51-54-57-60-63-66-69-75(78)81-72-73(82-76(79)70-67-64-61-58-55-52-49-45-30-27-24-21-18-15-12-9-6-3)71-80-74(77)68-65-62-59-56-53-50-47-44-29-26-23-20-17-14-11-8-5-2/h8-9,11-12,17-18,20-21,26-27,29-30,73H,4-7,10,13-16,19,22-25,28,31-72H2,1-3H3/b11-8-,12-9-,20-17-,21-18-,29-26-,30-27-. The molecule has 0 aliphatic carbocycles. The molecule has 82 heavy (non-hydrogen) atoms. The van der Waals surface area contributed by atoms with Crippen molar-refractivity contribution in [1.82, 2.24) is 0 Å². The Hall–Kier alpha value is -3.15. The fraction of sp³-hybridized carbons (Fsp3) is 0.803. The number of allylic oxidation sites excluding steroid dienone is 12. The van der Waals surface area contributed by atoms with E-state index in [1.54, 1.807) is 0 Å². The molecular weight excluding hydrogens is 1010 g/mol. The molecule has 6 heteroatoms. The van der Waals surface area contributed by atoms with Gasteiger partial charge in [-0.05, 0) is 83.5 Å². The van der Waals surface area contributed by atoms with E-state index >= 15 is 0 Å². The van der Waals surface area contributed by atoms with Gasteiger partial charge in [-0.3, -0.25) is 14.4 Å². The Balaban J connectivity index is 4.22. The lowest BCUT2D eigenvalue weighted by Gasteiger charge is -2.18. The van der Waals surface area contributed by atoms with Crippen LogP contribution < -0.4 is 0 Å². The fourth-order valence-electron chi connectivity index (χ4n) is 10.7. The summed E-state index contributed by atoms with van der Waals surface area (Å²) in [7, 11) is 0. The van der Waals surface area contributed by atoms with E-state index in [4.69, 9.17) is 14.2 Å². The average molecular weight is 1150 g/mol. The van der Waals surface area contributed by atoms with E-state index in [1.165, 1.54) is 225 Å². The van der Waals surface area contributed by atoms with Crippen LogP contribution in [0.25, 0.3) is 0 Å². The molecule has 0 aromatic carbocycles. The van der Waals surface area contributed by atoms with Gasteiger partial charge >= 0.3 is 17.9 Å². The molecule has 0 spiro atoms. The zero-order chi connectivity index (χ0) is 59.2. The second-order valence-electron chi connectivity index (χ2n) is 24.1. The molecule has 0 radical (unpaired) electrons. The van der Waals surface area contributed by atoms with Gasteiger partial charge in [-0.15, -0.1) is 0 Å². The molecule has 0 amide bonds. The van der Waals surface area contributed by atoms with Crippen LogP contribution in [0.5, 0.6) is 0 Å². The molecule has 0 bridgehead atoms. The molecule has 476 valence electrons. The van der Waals surface area contributed by atoms with Gasteiger partial charge in [0.2, 0.25) is 0 Å². The first-order valence-corrected chi connectivity index (χ1v) is 35.9. The second-order valence-corrected chi connectivity index (χ2v) is 24.1. The molecule has 0 N–H and O–H groups in total. The monoisotopic (exact) mass is 1150 g/mol. The number of rotatable bonds is 66. The van der Waals surface area contributed by atoms with Gasteiger partial charge in [-0.1, -0.05) is 344 Å². The topological polar surface area (TPSA) is 78.9 Å². The molecule has 1 unspecified atom stereocenters. The Labute approximate surface area is 510 Å². The van der Waals surface area contributed by atoms with Crippen LogP contribution in [0.3, 0.4) is 0 Å². The number of hydrogen-bond acceptors (Lipinski definition) is 6. The summed E-state index contributed by atoms with van der Waals surface area (Å²) in [4.78, 5) is 38.4. The Morgan fingerprint density at radius 1 is 0.256 bits per heavy atom. The van der Waals surface area contributed by atoms with Gasteiger partial charge in [-0.25, -0.2) is 0 Å². The summed E-state index contributed by atoms with van der Waals surface area (Å²) < 4.78 is 17.0. The molecule has 6 nitrogen and oxygen atoms in total. The lowest BCUT2D eigenvalue weighted by Crippen LogP contribution is -2.30. The van der Waals surface area contributed by atoms with Crippen molar-refractivity contribution in [2.24, 2.45) is 0 Å². The van der Waals surface area contributed by atoms with Crippen LogP contribution in [-0.2, 0) is 28.6 Å². The molecule has 0 rings (SSSR count). The lowest BCUT2D eigenvalue weighted by molar-refractivity contribution is -0.167. The van der Waals surface area contributed by atoms with E-state index in [9.17, 15) is 14.4 Å². The molecule has 0 aliphatic heterocycles. The molecule has 0 aromatic rings. The highest BCUT2D eigenvalue weighted by Crippen LogP contribution is 2.19. The largest absolute Gasteiger partial charge is 0.462 e. The van der Waals surface area contributed by atoms with Gasteiger partial charge in [0.15, 0.2) is 6.10 Å². The lowest BCUT2D eigenvalue weighted by atomic mass is 10.0. The first kappa shape index (κ1) is 78.8. The second kappa shape index (κ2) is 70.3. The van der Waals surface area contributed by atoms with Gasteiger partial charge in [0, 0.05) is 19.3 Å². The van der Waals surface area contributed by atoms with E-state index in [-0.39, 0.29) is 31.1 Å². The number of carbonyl (C=O) groups is 3. The van der Waals surface area contributed by atoms with Gasteiger partial charge in [0.1, 0.15) is 13.2 Å². The summed E-state index contributed by atoms with van der Waals surface area (Å²) >= 11 is 0. The third-order valence-corrected chi connectivity index (χ3v) is 16.0. The summed E-state index contributed by atoms with van der Waals surface area (Å²) in [5.74, 6) is -0.879. The zero-order valence-electron chi connectivity index (χ0n) is 54.8. The highest BCUT2D eigenvalue weighted by Gasteiger charge is 2.19. The van der Waals surface area contributed by atoms with Crippen molar-refractivity contribution >= 4 is 17.9 Å². The predicted molar refractivity (Wildman–Crippen MR) is 358 cm³/mol. The number of hydrogen-bond donors (Lipinski definition) is 0. The number of esters is 3. The summed E-state index contributed by atoms with van der Waals surface area (Å²) in [6, 6.07) is 0. The molecule has 0 saturated heterocycles. The Morgan fingerprint density at radius 2 is 0.476 bits per heavy atom. The van der Waals surface area contributed by atoms with Crippen molar-refractivity contribution in [3.63, 3.8) is 0 Å². The van der Waals surface area contributed by atoms with E-state index in [2.05, 4.69) is 93.7 Å². The summed E-state index contributed by atoms with van der Waals surface area (Å²) in [5, 5.41) is 0. The zero-order valence-corrected chi connectivity index (χ0v) is 54.8. The van der Waals surface area contributed by atoms with Crippen molar-refractivity contribution in [3.05, 3.63) is 72.9 Å². The summed E-state index contributed by atoms with van der Waals surface area (Å²) in [6.45, 7) is 6.46. The van der Waals surface area contributed by atoms with Crippen LogP contribution in [0.2, 0.25) is 0 Å². The van der Waals surface area contributed by atoms with Crippen molar-refractivity contribution in [3.8, 4) is 0 Å². The van der Waals surface area contributed by atoms with Crippen LogP contribution in [0.4, 0.5) is 0 Å². The first-order valence-electron chi connectivity index (χ1n) is 35.9. The van der Waals surface area contributed by atoms with E-state index in [0.717, 1.165) is 109 Å². The number of unbranched alkanes of at least 4 members (excludes halogenated alkanes) is 43. The van der Waals surface area contributed by atoms with Gasteiger partial charge in [0.25, 0.3) is 0 Å². The van der Waals surface area contributed by atoms with Gasteiger partial charge in [-0.2, -0.15) is 0 Å². The quantitative estimate of drug-likeness (QED) is 0.0261. The number of ether oxygens (including phenoxy) is 3. The van der Waals surface area contributed by atoms with Crippen molar-refractivity contribution in [1.29, 1.82) is 0 Å². The fourth-order valence-corrected chi connectivity index (χ4v) is 10.7. The molecule has 0 aliphatic rings. The molecule has 0 fully saturated rings. The van der Waals surface area contributed by atoms with Crippen molar-refractivity contribution in [2.45, 2.75) is 380 Å². The smallest absolute Gasteiger partial charge is 0.306 e. The molecule has 1 atom stereocenters.